The van der Waals surface area contributed by atoms with Crippen LogP contribution in [-0.4, -0.2) is 67.5 Å². The fourth-order valence-electron chi connectivity index (χ4n) is 4.23. The number of piperazine rings is 1. The Hall–Kier alpha value is -3.47. The summed E-state index contributed by atoms with van der Waals surface area (Å²) in [6, 6.07) is 17.3. The lowest BCUT2D eigenvalue weighted by Gasteiger charge is -2.29. The maximum absolute atomic E-state index is 12.8. The van der Waals surface area contributed by atoms with E-state index in [9.17, 15) is 8.42 Å². The van der Waals surface area contributed by atoms with Gasteiger partial charge < -0.3 is 20.1 Å². The standard InChI is InChI=1S/C25H29N7O2S/c1-30(2)35(33,34)23-6-4-3-5-20(23)18-32-14-11-19-17-27-25(29-24(19)32)28-21-7-9-22(10-8-21)31-15-12-26-13-16-31/h3-11,14,17,26H,12-13,15-16,18H2,1-2H3,(H,27,28,29). The third-order valence-corrected chi connectivity index (χ3v) is 8.10. The first-order valence-electron chi connectivity index (χ1n) is 11.6. The zero-order valence-corrected chi connectivity index (χ0v) is 20.7. The third kappa shape index (κ3) is 4.86. The Morgan fingerprint density at radius 1 is 1.03 bits per heavy atom. The van der Waals surface area contributed by atoms with Gasteiger partial charge in [-0.05, 0) is 42.0 Å². The molecule has 0 unspecified atom stereocenters. The molecule has 0 aliphatic carbocycles. The van der Waals surface area contributed by atoms with Gasteiger partial charge in [0.2, 0.25) is 16.0 Å². The molecule has 1 saturated heterocycles. The van der Waals surface area contributed by atoms with Crippen LogP contribution in [0, 0.1) is 0 Å². The van der Waals surface area contributed by atoms with E-state index in [0.717, 1.165) is 42.9 Å². The van der Waals surface area contributed by atoms with Crippen molar-refractivity contribution in [2.24, 2.45) is 0 Å². The summed E-state index contributed by atoms with van der Waals surface area (Å²) in [4.78, 5) is 11.8. The van der Waals surface area contributed by atoms with E-state index in [1.54, 1.807) is 32.4 Å². The number of hydrogen-bond acceptors (Lipinski definition) is 7. The van der Waals surface area contributed by atoms with Gasteiger partial charge in [-0.15, -0.1) is 0 Å². The molecule has 2 aromatic heterocycles. The summed E-state index contributed by atoms with van der Waals surface area (Å²) in [7, 11) is -0.476. The molecule has 35 heavy (non-hydrogen) atoms. The fourth-order valence-corrected chi connectivity index (χ4v) is 5.34. The van der Waals surface area contributed by atoms with Crippen LogP contribution in [-0.2, 0) is 16.6 Å². The summed E-state index contributed by atoms with van der Waals surface area (Å²) in [5.41, 5.74) is 3.55. The second kappa shape index (κ2) is 9.65. The number of aromatic nitrogens is 3. The molecule has 1 aliphatic heterocycles. The van der Waals surface area contributed by atoms with Gasteiger partial charge in [-0.1, -0.05) is 18.2 Å². The normalized spacial score (nSPS) is 14.5. The van der Waals surface area contributed by atoms with Gasteiger partial charge >= 0.3 is 0 Å². The molecule has 0 amide bonds. The molecule has 10 heteroatoms. The van der Waals surface area contributed by atoms with Crippen molar-refractivity contribution in [3.8, 4) is 0 Å². The minimum absolute atomic E-state index is 0.295. The van der Waals surface area contributed by atoms with Gasteiger partial charge in [-0.3, -0.25) is 0 Å². The molecule has 4 aromatic rings. The summed E-state index contributed by atoms with van der Waals surface area (Å²) < 4.78 is 28.8. The van der Waals surface area contributed by atoms with Crippen molar-refractivity contribution in [2.45, 2.75) is 11.4 Å². The van der Waals surface area contributed by atoms with Crippen molar-refractivity contribution in [1.82, 2.24) is 24.2 Å². The Balaban J connectivity index is 1.38. The molecule has 0 spiro atoms. The van der Waals surface area contributed by atoms with Gasteiger partial charge in [0.25, 0.3) is 0 Å². The monoisotopic (exact) mass is 491 g/mol. The highest BCUT2D eigenvalue weighted by Gasteiger charge is 2.21. The summed E-state index contributed by atoms with van der Waals surface area (Å²) in [6.45, 7) is 4.38. The first-order valence-corrected chi connectivity index (χ1v) is 13.0. The molecular formula is C25H29N7O2S. The van der Waals surface area contributed by atoms with Crippen molar-refractivity contribution in [3.05, 3.63) is 72.6 Å². The van der Waals surface area contributed by atoms with Crippen LogP contribution in [0.3, 0.4) is 0 Å². The van der Waals surface area contributed by atoms with Crippen LogP contribution in [0.4, 0.5) is 17.3 Å². The number of nitrogens with one attached hydrogen (secondary N) is 2. The number of hydrogen-bond donors (Lipinski definition) is 2. The predicted molar refractivity (Wildman–Crippen MR) is 139 cm³/mol. The molecule has 0 bridgehead atoms. The lowest BCUT2D eigenvalue weighted by atomic mass is 10.2. The molecule has 5 rings (SSSR count). The number of anilines is 3. The predicted octanol–water partition coefficient (Wildman–Crippen LogP) is 2.88. The highest BCUT2D eigenvalue weighted by Crippen LogP contribution is 2.24. The molecule has 9 nitrogen and oxygen atoms in total. The summed E-state index contributed by atoms with van der Waals surface area (Å²) in [5.74, 6) is 0.488. The van der Waals surface area contributed by atoms with Crippen LogP contribution in [0.1, 0.15) is 5.56 Å². The fraction of sp³-hybridized carbons (Fsp3) is 0.280. The third-order valence-electron chi connectivity index (χ3n) is 6.18. The molecule has 2 N–H and O–H groups in total. The van der Waals surface area contributed by atoms with Gasteiger partial charge in [-0.25, -0.2) is 17.7 Å². The molecule has 0 atom stereocenters. The number of fused-ring (bicyclic) bond motifs is 1. The minimum Gasteiger partial charge on any atom is -0.369 e. The zero-order chi connectivity index (χ0) is 24.4. The second-order valence-corrected chi connectivity index (χ2v) is 10.8. The lowest BCUT2D eigenvalue weighted by molar-refractivity contribution is 0.519. The maximum Gasteiger partial charge on any atom is 0.242 e. The molecular weight excluding hydrogens is 462 g/mol. The van der Waals surface area contributed by atoms with Crippen molar-refractivity contribution in [3.63, 3.8) is 0 Å². The van der Waals surface area contributed by atoms with Gasteiger partial charge in [0.15, 0.2) is 0 Å². The second-order valence-electron chi connectivity index (χ2n) is 8.72. The van der Waals surface area contributed by atoms with E-state index in [1.165, 1.54) is 9.99 Å². The van der Waals surface area contributed by atoms with Crippen molar-refractivity contribution < 1.29 is 8.42 Å². The number of sulfonamides is 1. The van der Waals surface area contributed by atoms with Crippen molar-refractivity contribution in [1.29, 1.82) is 0 Å². The van der Waals surface area contributed by atoms with Gasteiger partial charge in [-0.2, -0.15) is 4.98 Å². The Morgan fingerprint density at radius 2 is 1.77 bits per heavy atom. The van der Waals surface area contributed by atoms with Crippen LogP contribution >= 0.6 is 0 Å². The summed E-state index contributed by atoms with van der Waals surface area (Å²) in [5, 5.41) is 7.55. The molecule has 0 saturated carbocycles. The van der Waals surface area contributed by atoms with Crippen molar-refractivity contribution >= 4 is 38.4 Å². The highest BCUT2D eigenvalue weighted by molar-refractivity contribution is 7.89. The Morgan fingerprint density at radius 3 is 2.51 bits per heavy atom. The lowest BCUT2D eigenvalue weighted by Crippen LogP contribution is -2.43. The Kier molecular flexibility index (Phi) is 6.42. The van der Waals surface area contributed by atoms with E-state index >= 15 is 0 Å². The minimum atomic E-state index is -3.56. The van der Waals surface area contributed by atoms with E-state index in [-0.39, 0.29) is 0 Å². The van der Waals surface area contributed by atoms with Crippen LogP contribution in [0.5, 0.6) is 0 Å². The smallest absolute Gasteiger partial charge is 0.242 e. The zero-order valence-electron chi connectivity index (χ0n) is 19.8. The molecule has 1 fully saturated rings. The Bertz CT molecular complexity index is 1430. The van der Waals surface area contributed by atoms with E-state index in [2.05, 4.69) is 32.7 Å². The molecule has 3 heterocycles. The quantitative estimate of drug-likeness (QED) is 0.410. The number of benzene rings is 2. The number of nitrogens with zero attached hydrogens (tertiary/aromatic N) is 5. The molecule has 2 aromatic carbocycles. The molecule has 1 aliphatic rings. The summed E-state index contributed by atoms with van der Waals surface area (Å²) in [6.07, 6.45) is 3.68. The largest absolute Gasteiger partial charge is 0.369 e. The topological polar surface area (TPSA) is 95.4 Å². The van der Waals surface area contributed by atoms with Gasteiger partial charge in [0.1, 0.15) is 5.65 Å². The molecule has 182 valence electrons. The maximum atomic E-state index is 12.8. The van der Waals surface area contributed by atoms with E-state index in [0.29, 0.717) is 23.0 Å². The summed E-state index contributed by atoms with van der Waals surface area (Å²) >= 11 is 0. The highest BCUT2D eigenvalue weighted by atomic mass is 32.2. The Labute approximate surface area is 205 Å². The average molecular weight is 492 g/mol. The van der Waals surface area contributed by atoms with Crippen LogP contribution in [0.25, 0.3) is 11.0 Å². The number of rotatable bonds is 7. The SMILES string of the molecule is CN(C)S(=O)(=O)c1ccccc1Cn1ccc2cnc(Nc3ccc(N4CCNCC4)cc3)nc21. The first-order chi connectivity index (χ1) is 16.9. The average Bonchev–Trinajstić information content (AvgIpc) is 3.27. The van der Waals surface area contributed by atoms with E-state index < -0.39 is 10.0 Å². The van der Waals surface area contributed by atoms with Crippen LogP contribution in [0.2, 0.25) is 0 Å². The van der Waals surface area contributed by atoms with Gasteiger partial charge in [0.05, 0.1) is 11.4 Å². The van der Waals surface area contributed by atoms with E-state index in [1.807, 2.05) is 41.1 Å². The first kappa shape index (κ1) is 23.3. The van der Waals surface area contributed by atoms with Crippen molar-refractivity contribution in [2.75, 3.05) is 50.5 Å². The van der Waals surface area contributed by atoms with Gasteiger partial charge in [0, 0.05) is 69.4 Å². The molecule has 0 radical (unpaired) electrons. The van der Waals surface area contributed by atoms with Crippen LogP contribution in [0.15, 0.2) is 71.9 Å². The van der Waals surface area contributed by atoms with Crippen LogP contribution < -0.4 is 15.5 Å². The van der Waals surface area contributed by atoms with E-state index in [4.69, 9.17) is 4.98 Å².